The first-order valence-corrected chi connectivity index (χ1v) is 12.6. The van der Waals surface area contributed by atoms with Crippen LogP contribution in [0.3, 0.4) is 0 Å². The molecule has 0 saturated carbocycles. The summed E-state index contributed by atoms with van der Waals surface area (Å²) in [5, 5.41) is 3.70. The van der Waals surface area contributed by atoms with Crippen LogP contribution in [0.15, 0.2) is 60.8 Å². The first-order chi connectivity index (χ1) is 19.1. The normalized spacial score (nSPS) is 14.1. The number of hydrogen-bond donors (Lipinski definition) is 1. The van der Waals surface area contributed by atoms with E-state index >= 15 is 0 Å². The highest BCUT2D eigenvalue weighted by molar-refractivity contribution is 6.29. The van der Waals surface area contributed by atoms with E-state index in [2.05, 4.69) is 19.9 Å². The topological polar surface area (TPSA) is 59.4 Å². The molecule has 5 rings (SSSR count). The van der Waals surface area contributed by atoms with E-state index in [0.29, 0.717) is 48.3 Å². The Morgan fingerprint density at radius 3 is 2.67 bits per heavy atom. The third kappa shape index (κ3) is 6.26. The minimum atomic E-state index is -4.88. The second-order valence-electron chi connectivity index (χ2n) is 9.19. The van der Waals surface area contributed by atoms with E-state index in [1.54, 1.807) is 18.2 Å². The third-order valence-electron chi connectivity index (χ3n) is 6.49. The van der Waals surface area contributed by atoms with Crippen molar-refractivity contribution in [3.8, 4) is 5.75 Å². The molecule has 2 aromatic carbocycles. The summed E-state index contributed by atoms with van der Waals surface area (Å²) in [6, 6.07) is 10.4. The fraction of sp³-hybridized carbons (Fsp3) is 0.214. The monoisotopic (exact) mass is 576 g/mol. The molecule has 0 saturated heterocycles. The molecule has 0 atom stereocenters. The van der Waals surface area contributed by atoms with Crippen molar-refractivity contribution in [1.82, 2.24) is 19.8 Å². The predicted molar refractivity (Wildman–Crippen MR) is 140 cm³/mol. The molecule has 0 aliphatic carbocycles. The number of amides is 1. The van der Waals surface area contributed by atoms with E-state index in [-0.39, 0.29) is 17.2 Å². The Morgan fingerprint density at radius 1 is 1.10 bits per heavy atom. The number of halogens is 6. The van der Waals surface area contributed by atoms with E-state index in [1.807, 2.05) is 6.08 Å². The summed E-state index contributed by atoms with van der Waals surface area (Å²) in [4.78, 5) is 19.4. The summed E-state index contributed by atoms with van der Waals surface area (Å²) in [7, 11) is 0. The molecule has 1 N–H and O–H groups in total. The molecule has 0 unspecified atom stereocenters. The molecule has 0 bridgehead atoms. The highest BCUT2D eigenvalue weighted by Crippen LogP contribution is 2.34. The van der Waals surface area contributed by atoms with E-state index in [4.69, 9.17) is 11.6 Å². The standard InChI is InChI=1S/C28H22ClF5N4O2/c29-26-13-18(7-9-35-26)15-36-27(39)38-24-8-11-37(10-1-2-17-3-6-22(30)23(31)12-17)16-21(24)20-5-4-19(14-25(20)38)40-28(32,33)34/h1-7,9,12-14H,8,10-11,15-16H2,(H,36,39)/b2-1+. The van der Waals surface area contributed by atoms with Crippen molar-refractivity contribution >= 4 is 34.6 Å². The van der Waals surface area contributed by atoms with Crippen molar-refractivity contribution < 1.29 is 31.5 Å². The molecule has 0 spiro atoms. The summed E-state index contributed by atoms with van der Waals surface area (Å²) < 4.78 is 71.0. The quantitative estimate of drug-likeness (QED) is 0.205. The van der Waals surface area contributed by atoms with Crippen LogP contribution in [-0.4, -0.2) is 39.9 Å². The molecule has 1 amide bonds. The molecule has 6 nitrogen and oxygen atoms in total. The maximum absolute atomic E-state index is 13.5. The predicted octanol–water partition coefficient (Wildman–Crippen LogP) is 6.70. The molecule has 40 heavy (non-hydrogen) atoms. The Balaban J connectivity index is 1.42. The highest BCUT2D eigenvalue weighted by Gasteiger charge is 2.32. The second-order valence-corrected chi connectivity index (χ2v) is 9.58. The summed E-state index contributed by atoms with van der Waals surface area (Å²) in [5.41, 5.74) is 3.00. The number of carbonyl (C=O) groups is 1. The number of ether oxygens (including phenoxy) is 1. The zero-order valence-corrected chi connectivity index (χ0v) is 21.6. The molecule has 12 heteroatoms. The number of hydrogen-bond acceptors (Lipinski definition) is 4. The minimum absolute atomic E-state index is 0.134. The SMILES string of the molecule is O=C(NCc1ccnc(Cl)c1)n1c2c(c3ccc(OC(F)(F)F)cc31)CN(C/C=C/c1ccc(F)c(F)c1)CC2. The van der Waals surface area contributed by atoms with Crippen molar-refractivity contribution in [2.45, 2.75) is 25.9 Å². The molecule has 0 fully saturated rings. The number of rotatable bonds is 6. The van der Waals surface area contributed by atoms with Crippen molar-refractivity contribution in [2.24, 2.45) is 0 Å². The van der Waals surface area contributed by atoms with Gasteiger partial charge in [0.15, 0.2) is 11.6 Å². The second kappa shape index (κ2) is 11.3. The van der Waals surface area contributed by atoms with Gasteiger partial charge in [-0.25, -0.2) is 18.6 Å². The van der Waals surface area contributed by atoms with Crippen LogP contribution in [0.25, 0.3) is 17.0 Å². The largest absolute Gasteiger partial charge is 0.573 e. The Morgan fingerprint density at radius 2 is 1.93 bits per heavy atom. The van der Waals surface area contributed by atoms with Crippen molar-refractivity contribution in [3.05, 3.63) is 100.0 Å². The van der Waals surface area contributed by atoms with Crippen LogP contribution in [0.1, 0.15) is 22.4 Å². The maximum Gasteiger partial charge on any atom is 0.573 e. The lowest BCUT2D eigenvalue weighted by Gasteiger charge is -2.27. The third-order valence-corrected chi connectivity index (χ3v) is 6.70. The molecular formula is C28H22ClF5N4O2. The van der Waals surface area contributed by atoms with Crippen LogP contribution in [0.4, 0.5) is 26.7 Å². The van der Waals surface area contributed by atoms with Gasteiger partial charge in [0.25, 0.3) is 0 Å². The summed E-state index contributed by atoms with van der Waals surface area (Å²) >= 11 is 5.92. The summed E-state index contributed by atoms with van der Waals surface area (Å²) in [6.45, 7) is 1.60. The molecule has 2 aromatic heterocycles. The van der Waals surface area contributed by atoms with E-state index in [9.17, 15) is 26.7 Å². The Bertz CT molecular complexity index is 1600. The summed E-state index contributed by atoms with van der Waals surface area (Å²) in [5.74, 6) is -2.29. The number of nitrogens with zero attached hydrogens (tertiary/aromatic N) is 3. The number of carbonyl (C=O) groups excluding carboxylic acids is 1. The van der Waals surface area contributed by atoms with Gasteiger partial charge in [-0.05, 0) is 53.1 Å². The molecule has 4 aromatic rings. The van der Waals surface area contributed by atoms with Crippen LogP contribution in [0.2, 0.25) is 5.15 Å². The lowest BCUT2D eigenvalue weighted by molar-refractivity contribution is -0.274. The number of aromatic nitrogens is 2. The Kier molecular flexibility index (Phi) is 7.77. The molecule has 208 valence electrons. The fourth-order valence-corrected chi connectivity index (χ4v) is 4.94. The van der Waals surface area contributed by atoms with Gasteiger partial charge in [-0.15, -0.1) is 13.2 Å². The average Bonchev–Trinajstić information content (AvgIpc) is 3.21. The van der Waals surface area contributed by atoms with Crippen LogP contribution < -0.4 is 10.1 Å². The van der Waals surface area contributed by atoms with Gasteiger partial charge >= 0.3 is 12.4 Å². The van der Waals surface area contributed by atoms with Gasteiger partial charge in [-0.2, -0.15) is 0 Å². The average molecular weight is 577 g/mol. The molecule has 0 radical (unpaired) electrons. The Labute approximate surface area is 230 Å². The van der Waals surface area contributed by atoms with Crippen LogP contribution in [0, 0.1) is 11.6 Å². The van der Waals surface area contributed by atoms with E-state index in [0.717, 1.165) is 17.7 Å². The van der Waals surface area contributed by atoms with Gasteiger partial charge in [0, 0.05) is 55.9 Å². The van der Waals surface area contributed by atoms with Gasteiger partial charge < -0.3 is 10.1 Å². The number of nitrogens with one attached hydrogen (secondary N) is 1. The van der Waals surface area contributed by atoms with Crippen LogP contribution >= 0.6 is 11.6 Å². The zero-order chi connectivity index (χ0) is 28.4. The first-order valence-electron chi connectivity index (χ1n) is 12.2. The van der Waals surface area contributed by atoms with Gasteiger partial charge in [-0.1, -0.05) is 29.8 Å². The molecular weight excluding hydrogens is 555 g/mol. The lowest BCUT2D eigenvalue weighted by atomic mass is 10.0. The van der Waals surface area contributed by atoms with Gasteiger partial charge in [0.05, 0.1) is 5.52 Å². The molecule has 3 heterocycles. The molecule has 1 aliphatic rings. The maximum atomic E-state index is 13.5. The van der Waals surface area contributed by atoms with Crippen molar-refractivity contribution in [1.29, 1.82) is 0 Å². The first kappa shape index (κ1) is 27.6. The highest BCUT2D eigenvalue weighted by atomic mass is 35.5. The zero-order valence-electron chi connectivity index (χ0n) is 20.8. The van der Waals surface area contributed by atoms with Crippen LogP contribution in [0.5, 0.6) is 5.75 Å². The van der Waals surface area contributed by atoms with Crippen LogP contribution in [-0.2, 0) is 19.5 Å². The number of fused-ring (bicyclic) bond motifs is 3. The minimum Gasteiger partial charge on any atom is -0.406 e. The number of benzene rings is 2. The van der Waals surface area contributed by atoms with E-state index in [1.165, 1.54) is 35.0 Å². The number of alkyl halides is 3. The Hall–Kier alpha value is -3.96. The smallest absolute Gasteiger partial charge is 0.406 e. The van der Waals surface area contributed by atoms with Crippen molar-refractivity contribution in [3.63, 3.8) is 0 Å². The molecule has 1 aliphatic heterocycles. The van der Waals surface area contributed by atoms with E-state index < -0.39 is 29.8 Å². The van der Waals surface area contributed by atoms with Gasteiger partial charge in [-0.3, -0.25) is 9.47 Å². The fourth-order valence-electron chi connectivity index (χ4n) is 4.74. The van der Waals surface area contributed by atoms with Gasteiger partial charge in [0.2, 0.25) is 0 Å². The number of pyridine rings is 1. The van der Waals surface area contributed by atoms with Crippen molar-refractivity contribution in [2.75, 3.05) is 13.1 Å². The summed E-state index contributed by atoms with van der Waals surface area (Å²) in [6.07, 6.45) is 0.573. The van der Waals surface area contributed by atoms with Gasteiger partial charge in [0.1, 0.15) is 10.9 Å². The lowest BCUT2D eigenvalue weighted by Crippen LogP contribution is -2.34.